The molecule has 1 saturated carbocycles. The maximum Gasteiger partial charge on any atom is 0.124 e. The Morgan fingerprint density at radius 2 is 2.10 bits per heavy atom. The standard InChI is InChI=1S/C8H14O2/c1-3-10-8-6-4-5-7(8)9-2/h3,7-8H,1,4-6H2,2H3. The van der Waals surface area contributed by atoms with Gasteiger partial charge in [0.05, 0.1) is 12.4 Å². The second kappa shape index (κ2) is 3.62. The summed E-state index contributed by atoms with van der Waals surface area (Å²) in [5, 5.41) is 0. The molecule has 0 heterocycles. The van der Waals surface area contributed by atoms with Gasteiger partial charge in [0.25, 0.3) is 0 Å². The summed E-state index contributed by atoms with van der Waals surface area (Å²) < 4.78 is 10.4. The van der Waals surface area contributed by atoms with Gasteiger partial charge in [0.15, 0.2) is 0 Å². The maximum atomic E-state index is 5.25. The molecule has 0 spiro atoms. The molecule has 2 nitrogen and oxygen atoms in total. The van der Waals surface area contributed by atoms with Crippen LogP contribution in [0.25, 0.3) is 0 Å². The van der Waals surface area contributed by atoms with E-state index >= 15 is 0 Å². The molecule has 0 saturated heterocycles. The van der Waals surface area contributed by atoms with Crippen LogP contribution in [0.2, 0.25) is 0 Å². The molecule has 0 aliphatic heterocycles. The SMILES string of the molecule is C=COC1CCCC1OC. The Labute approximate surface area is 61.8 Å². The molecule has 1 aliphatic rings. The first-order valence-corrected chi connectivity index (χ1v) is 3.67. The molecule has 2 atom stereocenters. The Bertz CT molecular complexity index is 112. The van der Waals surface area contributed by atoms with Gasteiger partial charge in [0, 0.05) is 7.11 Å². The highest BCUT2D eigenvalue weighted by molar-refractivity contribution is 4.79. The summed E-state index contributed by atoms with van der Waals surface area (Å²) >= 11 is 0. The van der Waals surface area contributed by atoms with E-state index in [1.807, 2.05) is 0 Å². The lowest BCUT2D eigenvalue weighted by molar-refractivity contribution is 0.00163. The predicted octanol–water partition coefficient (Wildman–Crippen LogP) is 1.71. The zero-order chi connectivity index (χ0) is 7.40. The van der Waals surface area contributed by atoms with Gasteiger partial charge in [0.1, 0.15) is 6.10 Å². The van der Waals surface area contributed by atoms with Gasteiger partial charge in [0.2, 0.25) is 0 Å². The Hall–Kier alpha value is -0.500. The average molecular weight is 142 g/mol. The van der Waals surface area contributed by atoms with Gasteiger partial charge in [-0.25, -0.2) is 0 Å². The Kier molecular flexibility index (Phi) is 2.75. The molecule has 1 fully saturated rings. The van der Waals surface area contributed by atoms with E-state index in [9.17, 15) is 0 Å². The lowest BCUT2D eigenvalue weighted by Crippen LogP contribution is -2.22. The fourth-order valence-corrected chi connectivity index (χ4v) is 1.44. The molecule has 0 aromatic heterocycles. The monoisotopic (exact) mass is 142 g/mol. The minimum Gasteiger partial charge on any atom is -0.496 e. The van der Waals surface area contributed by atoms with Crippen molar-refractivity contribution in [2.75, 3.05) is 7.11 Å². The van der Waals surface area contributed by atoms with Crippen LogP contribution in [-0.2, 0) is 9.47 Å². The quantitative estimate of drug-likeness (QED) is 0.558. The first kappa shape index (κ1) is 7.61. The minimum atomic E-state index is 0.252. The van der Waals surface area contributed by atoms with Gasteiger partial charge in [-0.1, -0.05) is 6.58 Å². The summed E-state index contributed by atoms with van der Waals surface area (Å²) in [4.78, 5) is 0. The smallest absolute Gasteiger partial charge is 0.124 e. The molecule has 1 rings (SSSR count). The van der Waals surface area contributed by atoms with E-state index in [1.165, 1.54) is 12.7 Å². The molecule has 0 aromatic rings. The Morgan fingerprint density at radius 1 is 1.40 bits per heavy atom. The first-order valence-electron chi connectivity index (χ1n) is 3.67. The van der Waals surface area contributed by atoms with Gasteiger partial charge < -0.3 is 9.47 Å². The van der Waals surface area contributed by atoms with Crippen molar-refractivity contribution in [3.63, 3.8) is 0 Å². The molecule has 10 heavy (non-hydrogen) atoms. The number of rotatable bonds is 3. The summed E-state index contributed by atoms with van der Waals surface area (Å²) in [6.07, 6.45) is 5.47. The van der Waals surface area contributed by atoms with Crippen molar-refractivity contribution in [1.82, 2.24) is 0 Å². The van der Waals surface area contributed by atoms with Crippen LogP contribution in [-0.4, -0.2) is 19.3 Å². The fraction of sp³-hybridized carbons (Fsp3) is 0.750. The van der Waals surface area contributed by atoms with Gasteiger partial charge in [-0.3, -0.25) is 0 Å². The summed E-state index contributed by atoms with van der Waals surface area (Å²) in [6, 6.07) is 0. The third-order valence-corrected chi connectivity index (χ3v) is 1.97. The van der Waals surface area contributed by atoms with Crippen LogP contribution in [0.4, 0.5) is 0 Å². The van der Waals surface area contributed by atoms with Crippen LogP contribution >= 0.6 is 0 Å². The maximum absolute atomic E-state index is 5.25. The predicted molar refractivity (Wildman–Crippen MR) is 39.7 cm³/mol. The van der Waals surface area contributed by atoms with Crippen LogP contribution in [0.15, 0.2) is 12.8 Å². The van der Waals surface area contributed by atoms with Gasteiger partial charge in [-0.05, 0) is 19.3 Å². The van der Waals surface area contributed by atoms with Crippen molar-refractivity contribution in [1.29, 1.82) is 0 Å². The van der Waals surface area contributed by atoms with Crippen LogP contribution in [0.1, 0.15) is 19.3 Å². The third kappa shape index (κ3) is 1.51. The van der Waals surface area contributed by atoms with Gasteiger partial charge in [-0.2, -0.15) is 0 Å². The highest BCUT2D eigenvalue weighted by atomic mass is 16.5. The number of hydrogen-bond donors (Lipinski definition) is 0. The molecular weight excluding hydrogens is 128 g/mol. The minimum absolute atomic E-state index is 0.252. The van der Waals surface area contributed by atoms with E-state index in [1.54, 1.807) is 7.11 Å². The van der Waals surface area contributed by atoms with Gasteiger partial charge in [-0.15, -0.1) is 0 Å². The largest absolute Gasteiger partial charge is 0.496 e. The fourth-order valence-electron chi connectivity index (χ4n) is 1.44. The lowest BCUT2D eigenvalue weighted by Gasteiger charge is -2.16. The molecule has 0 bridgehead atoms. The average Bonchev–Trinajstić information content (AvgIpc) is 2.36. The van der Waals surface area contributed by atoms with E-state index in [0.29, 0.717) is 0 Å². The number of methoxy groups -OCH3 is 1. The van der Waals surface area contributed by atoms with Crippen molar-refractivity contribution >= 4 is 0 Å². The van der Waals surface area contributed by atoms with Crippen LogP contribution < -0.4 is 0 Å². The molecule has 2 unspecified atom stereocenters. The highest BCUT2D eigenvalue weighted by Crippen LogP contribution is 2.24. The van der Waals surface area contributed by atoms with Crippen LogP contribution in [0.3, 0.4) is 0 Å². The molecule has 0 amide bonds. The van der Waals surface area contributed by atoms with Crippen molar-refractivity contribution in [2.24, 2.45) is 0 Å². The Morgan fingerprint density at radius 3 is 2.70 bits per heavy atom. The van der Waals surface area contributed by atoms with Crippen molar-refractivity contribution in [3.05, 3.63) is 12.8 Å². The molecule has 0 aromatic carbocycles. The molecule has 58 valence electrons. The third-order valence-electron chi connectivity index (χ3n) is 1.97. The number of hydrogen-bond acceptors (Lipinski definition) is 2. The molecule has 2 heteroatoms. The lowest BCUT2D eigenvalue weighted by atomic mass is 10.2. The van der Waals surface area contributed by atoms with E-state index in [-0.39, 0.29) is 12.2 Å². The summed E-state index contributed by atoms with van der Waals surface area (Å²) in [6.45, 7) is 3.52. The van der Waals surface area contributed by atoms with Crippen LogP contribution in [0.5, 0.6) is 0 Å². The molecule has 0 radical (unpaired) electrons. The zero-order valence-electron chi connectivity index (χ0n) is 6.38. The summed E-state index contributed by atoms with van der Waals surface area (Å²) in [7, 11) is 1.73. The Balaban J connectivity index is 2.34. The van der Waals surface area contributed by atoms with Gasteiger partial charge >= 0.3 is 0 Å². The topological polar surface area (TPSA) is 18.5 Å². The summed E-state index contributed by atoms with van der Waals surface area (Å²) in [5.74, 6) is 0. The van der Waals surface area contributed by atoms with Crippen LogP contribution in [0, 0.1) is 0 Å². The van der Waals surface area contributed by atoms with Crippen molar-refractivity contribution in [3.8, 4) is 0 Å². The highest BCUT2D eigenvalue weighted by Gasteiger charge is 2.27. The van der Waals surface area contributed by atoms with Crippen molar-refractivity contribution < 1.29 is 9.47 Å². The second-order valence-electron chi connectivity index (χ2n) is 2.55. The first-order chi connectivity index (χ1) is 4.88. The van der Waals surface area contributed by atoms with E-state index in [0.717, 1.165) is 12.8 Å². The zero-order valence-corrected chi connectivity index (χ0v) is 6.38. The molecular formula is C8H14O2. The van der Waals surface area contributed by atoms with E-state index < -0.39 is 0 Å². The second-order valence-corrected chi connectivity index (χ2v) is 2.55. The van der Waals surface area contributed by atoms with E-state index in [2.05, 4.69) is 6.58 Å². The molecule has 0 N–H and O–H groups in total. The van der Waals surface area contributed by atoms with E-state index in [4.69, 9.17) is 9.47 Å². The normalized spacial score (nSPS) is 32.1. The summed E-state index contributed by atoms with van der Waals surface area (Å²) in [5.41, 5.74) is 0. The van der Waals surface area contributed by atoms with Crippen molar-refractivity contribution in [2.45, 2.75) is 31.5 Å². The number of ether oxygens (including phenoxy) is 2. The molecule has 1 aliphatic carbocycles.